The van der Waals surface area contributed by atoms with Gasteiger partial charge in [0.1, 0.15) is 5.78 Å². The first kappa shape index (κ1) is 21.8. The zero-order chi connectivity index (χ0) is 20.5. The van der Waals surface area contributed by atoms with Crippen LogP contribution in [0.15, 0.2) is 0 Å². The van der Waals surface area contributed by atoms with Crippen LogP contribution < -0.4 is 0 Å². The summed E-state index contributed by atoms with van der Waals surface area (Å²) < 4.78 is 0. The minimum absolute atomic E-state index is 0.330. The van der Waals surface area contributed by atoms with E-state index in [1.54, 1.807) is 0 Å². The average molecular weight is 391 g/mol. The molecule has 0 spiro atoms. The molecule has 0 heterocycles. The van der Waals surface area contributed by atoms with Gasteiger partial charge in [-0.1, -0.05) is 27.7 Å². The number of fused-ring (bicyclic) bond motifs is 5. The van der Waals surface area contributed by atoms with Crippen LogP contribution in [0.4, 0.5) is 0 Å². The first-order valence-corrected chi connectivity index (χ1v) is 12.1. The van der Waals surface area contributed by atoms with Gasteiger partial charge in [-0.3, -0.25) is 9.59 Å². The molecule has 0 aromatic rings. The number of carboxylic acid groups (broad SMARTS) is 1. The molecule has 3 nitrogen and oxygen atoms in total. The van der Waals surface area contributed by atoms with Gasteiger partial charge in [-0.15, -0.1) is 0 Å². The maximum absolute atomic E-state index is 12.0. The average Bonchev–Trinajstić information content (AvgIpc) is 3.00. The molecule has 1 N–H and O–H groups in total. The van der Waals surface area contributed by atoms with Crippen LogP contribution in [0.5, 0.6) is 0 Å². The van der Waals surface area contributed by atoms with Gasteiger partial charge >= 0.3 is 5.97 Å². The maximum Gasteiger partial charge on any atom is 0.303 e. The van der Waals surface area contributed by atoms with E-state index in [4.69, 9.17) is 5.11 Å². The van der Waals surface area contributed by atoms with Crippen LogP contribution >= 0.6 is 0 Å². The lowest BCUT2D eigenvalue weighted by atomic mass is 9.44. The zero-order valence-electron chi connectivity index (χ0n) is 18.6. The molecule has 4 fully saturated rings. The molecule has 4 aliphatic rings. The van der Waals surface area contributed by atoms with Gasteiger partial charge in [0.25, 0.3) is 0 Å². The van der Waals surface area contributed by atoms with Crippen molar-refractivity contribution in [1.82, 2.24) is 0 Å². The first-order chi connectivity index (χ1) is 13.3. The van der Waals surface area contributed by atoms with Gasteiger partial charge in [0.15, 0.2) is 0 Å². The third-order valence-electron chi connectivity index (χ3n) is 9.62. The number of carboxylic acids is 1. The van der Waals surface area contributed by atoms with Gasteiger partial charge in [0, 0.05) is 19.3 Å². The van der Waals surface area contributed by atoms with Crippen LogP contribution in [0.25, 0.3) is 0 Å². The number of rotatable bonds is 4. The Morgan fingerprint density at radius 1 is 1.00 bits per heavy atom. The molecule has 0 saturated heterocycles. The molecular formula is C25H42O3. The fraction of sp³-hybridized carbons (Fsp3) is 0.920. The number of ketones is 1. The second kappa shape index (κ2) is 8.48. The highest BCUT2D eigenvalue weighted by Gasteiger charge is 2.59. The van der Waals surface area contributed by atoms with Crippen LogP contribution in [0.2, 0.25) is 0 Å². The molecule has 28 heavy (non-hydrogen) atoms. The molecule has 0 radical (unpaired) electrons. The highest BCUT2D eigenvalue weighted by Crippen LogP contribution is 2.67. The van der Waals surface area contributed by atoms with Gasteiger partial charge in [0.05, 0.1) is 0 Å². The van der Waals surface area contributed by atoms with E-state index in [1.807, 2.05) is 13.8 Å². The van der Waals surface area contributed by atoms with Crippen molar-refractivity contribution in [3.8, 4) is 0 Å². The van der Waals surface area contributed by atoms with Crippen LogP contribution in [-0.2, 0) is 9.59 Å². The standard InChI is InChI=1S/C23H36O3.C2H6/c1-22-13-11-20-18(8-6-16-14-17(24)10-12-23(16,20)2)19(22)9-7-15(22)4-3-5-21(25)26;1-2/h15-16,18-20H,3-14H2,1-2H3,(H,25,26);1-2H3. The number of hydrogen-bond donors (Lipinski definition) is 1. The largest absolute Gasteiger partial charge is 0.481 e. The van der Waals surface area contributed by atoms with Crippen molar-refractivity contribution < 1.29 is 14.7 Å². The minimum Gasteiger partial charge on any atom is -0.481 e. The Balaban J connectivity index is 0.00000109. The summed E-state index contributed by atoms with van der Waals surface area (Å²) in [5, 5.41) is 8.97. The number of aliphatic carboxylic acids is 1. The molecule has 4 rings (SSSR count). The van der Waals surface area contributed by atoms with Crippen LogP contribution in [0.1, 0.15) is 105 Å². The Bertz CT molecular complexity index is 584. The third-order valence-corrected chi connectivity index (χ3v) is 9.62. The second-order valence-electron chi connectivity index (χ2n) is 10.5. The van der Waals surface area contributed by atoms with Gasteiger partial charge in [0.2, 0.25) is 0 Å². The summed E-state index contributed by atoms with van der Waals surface area (Å²) in [6.45, 7) is 9.05. The van der Waals surface area contributed by atoms with E-state index < -0.39 is 5.97 Å². The van der Waals surface area contributed by atoms with Crippen molar-refractivity contribution in [3.05, 3.63) is 0 Å². The molecule has 0 bridgehead atoms. The van der Waals surface area contributed by atoms with E-state index in [0.29, 0.717) is 29.0 Å². The Morgan fingerprint density at radius 3 is 2.43 bits per heavy atom. The fourth-order valence-corrected chi connectivity index (χ4v) is 8.13. The van der Waals surface area contributed by atoms with Crippen LogP contribution in [0, 0.1) is 40.4 Å². The molecule has 4 saturated carbocycles. The number of carbonyl (C=O) groups excluding carboxylic acids is 1. The lowest BCUT2D eigenvalue weighted by molar-refractivity contribution is -0.139. The summed E-state index contributed by atoms with van der Waals surface area (Å²) in [5.41, 5.74) is 0.840. The fourth-order valence-electron chi connectivity index (χ4n) is 8.13. The molecule has 0 amide bonds. The molecule has 0 aliphatic heterocycles. The van der Waals surface area contributed by atoms with Crippen molar-refractivity contribution in [2.45, 2.75) is 105 Å². The Labute approximate surface area is 172 Å². The lowest BCUT2D eigenvalue weighted by Gasteiger charge is -2.60. The molecule has 7 unspecified atom stereocenters. The normalized spacial score (nSPS) is 44.6. The second-order valence-corrected chi connectivity index (χ2v) is 10.5. The van der Waals surface area contributed by atoms with Crippen molar-refractivity contribution in [2.75, 3.05) is 0 Å². The summed E-state index contributed by atoms with van der Waals surface area (Å²) in [7, 11) is 0. The smallest absolute Gasteiger partial charge is 0.303 e. The van der Waals surface area contributed by atoms with E-state index in [0.717, 1.165) is 55.8 Å². The first-order valence-electron chi connectivity index (χ1n) is 12.1. The lowest BCUT2D eigenvalue weighted by Crippen LogP contribution is -2.53. The minimum atomic E-state index is -0.647. The quantitative estimate of drug-likeness (QED) is 0.596. The summed E-state index contributed by atoms with van der Waals surface area (Å²) in [6, 6.07) is 0. The monoisotopic (exact) mass is 390 g/mol. The predicted octanol–water partition coefficient (Wildman–Crippen LogP) is 6.50. The topological polar surface area (TPSA) is 54.4 Å². The van der Waals surface area contributed by atoms with E-state index in [2.05, 4.69) is 13.8 Å². The highest BCUT2D eigenvalue weighted by molar-refractivity contribution is 5.79. The van der Waals surface area contributed by atoms with Crippen molar-refractivity contribution in [1.29, 1.82) is 0 Å². The number of Topliss-reactive ketones (excluding diaryl/α,β-unsaturated/α-hetero) is 1. The van der Waals surface area contributed by atoms with Crippen LogP contribution in [0.3, 0.4) is 0 Å². The SMILES string of the molecule is CC.CC12CCC3C(CCC4CC(=O)CCC43C)C1CCC2CCCC(=O)O. The van der Waals surface area contributed by atoms with E-state index in [-0.39, 0.29) is 0 Å². The molecule has 160 valence electrons. The molecule has 7 atom stereocenters. The Kier molecular flexibility index (Phi) is 6.61. The van der Waals surface area contributed by atoms with Crippen molar-refractivity contribution >= 4 is 11.8 Å². The van der Waals surface area contributed by atoms with E-state index in [9.17, 15) is 9.59 Å². The summed E-state index contributed by atoms with van der Waals surface area (Å²) in [4.78, 5) is 22.9. The highest BCUT2D eigenvalue weighted by atomic mass is 16.4. The van der Waals surface area contributed by atoms with Crippen molar-refractivity contribution in [2.24, 2.45) is 40.4 Å². The number of hydrogen-bond acceptors (Lipinski definition) is 2. The Hall–Kier alpha value is -0.860. The summed E-state index contributed by atoms with van der Waals surface area (Å²) >= 11 is 0. The van der Waals surface area contributed by atoms with Crippen LogP contribution in [-0.4, -0.2) is 16.9 Å². The zero-order valence-corrected chi connectivity index (χ0v) is 18.6. The predicted molar refractivity (Wildman–Crippen MR) is 113 cm³/mol. The molecule has 4 aliphatic carbocycles. The van der Waals surface area contributed by atoms with Gasteiger partial charge < -0.3 is 5.11 Å². The number of carbonyl (C=O) groups is 2. The van der Waals surface area contributed by atoms with Crippen molar-refractivity contribution in [3.63, 3.8) is 0 Å². The van der Waals surface area contributed by atoms with E-state index >= 15 is 0 Å². The van der Waals surface area contributed by atoms with Gasteiger partial charge in [-0.25, -0.2) is 0 Å². The third kappa shape index (κ3) is 3.67. The molecular weight excluding hydrogens is 348 g/mol. The summed E-state index contributed by atoms with van der Waals surface area (Å²) in [5.74, 6) is 3.75. The molecule has 3 heteroatoms. The van der Waals surface area contributed by atoms with Gasteiger partial charge in [-0.2, -0.15) is 0 Å². The molecule has 0 aromatic carbocycles. The Morgan fingerprint density at radius 2 is 1.71 bits per heavy atom. The molecule has 0 aromatic heterocycles. The summed E-state index contributed by atoms with van der Waals surface area (Å²) in [6.07, 6.45) is 13.0. The maximum atomic E-state index is 12.0. The van der Waals surface area contributed by atoms with Gasteiger partial charge in [-0.05, 0) is 98.2 Å². The van der Waals surface area contributed by atoms with E-state index in [1.165, 1.54) is 38.5 Å².